The number of ether oxygens (including phenoxy) is 1. The molecule has 0 spiro atoms. The number of nitrogens with one attached hydrogen (secondary N) is 1. The minimum absolute atomic E-state index is 0.238. The lowest BCUT2D eigenvalue weighted by Crippen LogP contribution is -2.70. The number of hydrogen-bond donors (Lipinski definition) is 1. The van der Waals surface area contributed by atoms with E-state index in [2.05, 4.69) is 48.0 Å². The molecule has 0 aliphatic carbocycles. The fourth-order valence-electron chi connectivity index (χ4n) is 6.38. The minimum atomic E-state index is 0.238. The van der Waals surface area contributed by atoms with Crippen molar-refractivity contribution < 1.29 is 4.74 Å². The van der Waals surface area contributed by atoms with Crippen LogP contribution >= 0.6 is 0 Å². The Labute approximate surface area is 141 Å². The Balaban J connectivity index is 1.47. The summed E-state index contributed by atoms with van der Waals surface area (Å²) in [5.74, 6) is 0. The lowest BCUT2D eigenvalue weighted by Gasteiger charge is -2.60. The van der Waals surface area contributed by atoms with Crippen LogP contribution in [0.2, 0.25) is 0 Å². The largest absolute Gasteiger partial charge is 0.361 e. The van der Waals surface area contributed by atoms with E-state index in [1.54, 1.807) is 0 Å². The fraction of sp³-hybridized carbons (Fsp3) is 1.00. The van der Waals surface area contributed by atoms with Gasteiger partial charge in [0.25, 0.3) is 0 Å². The van der Waals surface area contributed by atoms with Crippen molar-refractivity contribution in [3.8, 4) is 0 Å². The molecule has 0 radical (unpaired) electrons. The normalized spacial score (nSPS) is 48.8. The number of piperidine rings is 4. The molecule has 5 heterocycles. The van der Waals surface area contributed by atoms with Crippen molar-refractivity contribution >= 4 is 0 Å². The van der Waals surface area contributed by atoms with E-state index in [0.29, 0.717) is 18.2 Å². The lowest BCUT2D eigenvalue weighted by molar-refractivity contribution is -0.212. The number of rotatable bonds is 3. The van der Waals surface area contributed by atoms with Gasteiger partial charge in [-0.3, -0.25) is 4.90 Å². The number of fused-ring (bicyclic) bond motifs is 5. The van der Waals surface area contributed by atoms with Gasteiger partial charge in [-0.1, -0.05) is 13.8 Å². The van der Waals surface area contributed by atoms with Crippen molar-refractivity contribution in [3.63, 3.8) is 0 Å². The van der Waals surface area contributed by atoms with Crippen LogP contribution in [0.1, 0.15) is 26.7 Å². The first-order valence-corrected chi connectivity index (χ1v) is 9.34. The molecule has 1 N–H and O–H groups in total. The molecule has 5 heteroatoms. The molecule has 5 rings (SSSR count). The van der Waals surface area contributed by atoms with Gasteiger partial charge in [0, 0.05) is 62.2 Å². The van der Waals surface area contributed by atoms with Crippen LogP contribution in [-0.2, 0) is 4.74 Å². The molecule has 0 aromatic carbocycles. The Morgan fingerprint density at radius 3 is 2.04 bits per heavy atom. The molecule has 5 fully saturated rings. The Kier molecular flexibility index (Phi) is 4.01. The van der Waals surface area contributed by atoms with Crippen LogP contribution < -0.4 is 5.32 Å². The SMILES string of the molecule is CN1CC2(C)CN(C)CC(C)(C1)C2OCN1CC2CCC1CN2. The van der Waals surface area contributed by atoms with E-state index in [0.717, 1.165) is 39.5 Å². The van der Waals surface area contributed by atoms with Crippen molar-refractivity contribution in [2.24, 2.45) is 10.8 Å². The van der Waals surface area contributed by atoms with Gasteiger partial charge >= 0.3 is 0 Å². The third-order valence-corrected chi connectivity index (χ3v) is 6.66. The van der Waals surface area contributed by atoms with Crippen LogP contribution in [0.3, 0.4) is 0 Å². The Bertz CT molecular complexity index is 412. The van der Waals surface area contributed by atoms with Crippen LogP contribution in [0.15, 0.2) is 0 Å². The first-order valence-electron chi connectivity index (χ1n) is 9.34. The van der Waals surface area contributed by atoms with Gasteiger partial charge in [-0.15, -0.1) is 0 Å². The maximum Gasteiger partial charge on any atom is 0.0998 e. The van der Waals surface area contributed by atoms with Crippen LogP contribution in [-0.4, -0.2) is 93.0 Å². The Morgan fingerprint density at radius 1 is 1.00 bits per heavy atom. The summed E-state index contributed by atoms with van der Waals surface area (Å²) in [5.41, 5.74) is 0.476. The molecule has 5 aliphatic heterocycles. The van der Waals surface area contributed by atoms with Gasteiger partial charge in [0.2, 0.25) is 0 Å². The van der Waals surface area contributed by atoms with E-state index >= 15 is 0 Å². The molecule has 23 heavy (non-hydrogen) atoms. The molecule has 5 aliphatic rings. The third kappa shape index (κ3) is 2.85. The second kappa shape index (κ2) is 5.67. The summed E-state index contributed by atoms with van der Waals surface area (Å²) in [6, 6.07) is 1.38. The first kappa shape index (κ1) is 16.3. The highest BCUT2D eigenvalue weighted by molar-refractivity contribution is 5.07. The van der Waals surface area contributed by atoms with Gasteiger partial charge < -0.3 is 19.9 Å². The van der Waals surface area contributed by atoms with Crippen LogP contribution in [0.4, 0.5) is 0 Å². The lowest BCUT2D eigenvalue weighted by atomic mass is 9.63. The molecule has 0 aromatic rings. The van der Waals surface area contributed by atoms with Crippen molar-refractivity contribution in [2.45, 2.75) is 44.9 Å². The van der Waals surface area contributed by atoms with Gasteiger partial charge in [-0.2, -0.15) is 0 Å². The van der Waals surface area contributed by atoms with Gasteiger partial charge in [0.05, 0.1) is 12.8 Å². The molecule has 2 unspecified atom stereocenters. The van der Waals surface area contributed by atoms with Gasteiger partial charge in [-0.05, 0) is 26.9 Å². The third-order valence-electron chi connectivity index (χ3n) is 6.66. The summed E-state index contributed by atoms with van der Waals surface area (Å²) in [6.45, 7) is 12.6. The molecule has 0 amide bonds. The van der Waals surface area contributed by atoms with Crippen molar-refractivity contribution in [2.75, 3.05) is 60.1 Å². The monoisotopic (exact) mass is 322 g/mol. The number of piperazine rings is 1. The number of hydrogen-bond acceptors (Lipinski definition) is 5. The summed E-state index contributed by atoms with van der Waals surface area (Å²) in [7, 11) is 4.54. The maximum absolute atomic E-state index is 6.69. The second-order valence-corrected chi connectivity index (χ2v) is 9.44. The minimum Gasteiger partial charge on any atom is -0.361 e. The summed E-state index contributed by atoms with van der Waals surface area (Å²) in [4.78, 5) is 7.62. The topological polar surface area (TPSA) is 31.0 Å². The highest BCUT2D eigenvalue weighted by Crippen LogP contribution is 2.46. The Morgan fingerprint density at radius 2 is 1.61 bits per heavy atom. The van der Waals surface area contributed by atoms with Gasteiger partial charge in [-0.25, -0.2) is 0 Å². The zero-order chi connectivity index (χ0) is 16.2. The molecule has 0 aromatic heterocycles. The highest BCUT2D eigenvalue weighted by atomic mass is 16.5. The maximum atomic E-state index is 6.69. The summed E-state index contributed by atoms with van der Waals surface area (Å²) in [6.07, 6.45) is 3.05. The quantitative estimate of drug-likeness (QED) is 0.825. The van der Waals surface area contributed by atoms with Crippen LogP contribution in [0.5, 0.6) is 0 Å². The molecule has 2 atom stereocenters. The zero-order valence-electron chi connectivity index (χ0n) is 15.3. The molecule has 132 valence electrons. The van der Waals surface area contributed by atoms with Crippen molar-refractivity contribution in [1.29, 1.82) is 0 Å². The number of likely N-dealkylation sites (tertiary alicyclic amines) is 2. The predicted molar refractivity (Wildman–Crippen MR) is 92.5 cm³/mol. The first-order chi connectivity index (χ1) is 10.9. The fourth-order valence-corrected chi connectivity index (χ4v) is 6.38. The molecular weight excluding hydrogens is 288 g/mol. The van der Waals surface area contributed by atoms with E-state index < -0.39 is 0 Å². The standard InChI is InChI=1S/C18H34N4O/c1-17-9-20(3)11-18(2,12-21(4)10-17)16(17)23-13-22-8-14-5-6-15(22)7-19-14/h14-16,19H,5-13H2,1-4H3. The second-order valence-electron chi connectivity index (χ2n) is 9.44. The van der Waals surface area contributed by atoms with Crippen molar-refractivity contribution in [3.05, 3.63) is 0 Å². The van der Waals surface area contributed by atoms with Crippen LogP contribution in [0.25, 0.3) is 0 Å². The molecule has 0 saturated carbocycles. The molecule has 5 nitrogen and oxygen atoms in total. The van der Waals surface area contributed by atoms with E-state index in [-0.39, 0.29) is 10.8 Å². The van der Waals surface area contributed by atoms with Crippen LogP contribution in [0, 0.1) is 10.8 Å². The molecule has 4 bridgehead atoms. The molecule has 5 saturated heterocycles. The predicted octanol–water partition coefficient (Wildman–Crippen LogP) is 0.669. The average Bonchev–Trinajstić information content (AvgIpc) is 2.45. The average molecular weight is 322 g/mol. The summed E-state index contributed by atoms with van der Waals surface area (Å²) >= 11 is 0. The highest BCUT2D eigenvalue weighted by Gasteiger charge is 2.56. The van der Waals surface area contributed by atoms with Gasteiger partial charge in [0.1, 0.15) is 0 Å². The van der Waals surface area contributed by atoms with Crippen molar-refractivity contribution in [1.82, 2.24) is 20.0 Å². The van der Waals surface area contributed by atoms with E-state index in [9.17, 15) is 0 Å². The summed E-state index contributed by atoms with van der Waals surface area (Å²) < 4.78 is 6.69. The van der Waals surface area contributed by atoms with E-state index in [1.165, 1.54) is 19.4 Å². The van der Waals surface area contributed by atoms with E-state index in [4.69, 9.17) is 4.74 Å². The molecular formula is C18H34N4O. The Hall–Kier alpha value is -0.200. The number of nitrogens with zero attached hydrogens (tertiary/aromatic N) is 3. The summed E-state index contributed by atoms with van der Waals surface area (Å²) in [5, 5.41) is 3.64. The van der Waals surface area contributed by atoms with Gasteiger partial charge in [0.15, 0.2) is 0 Å². The smallest absolute Gasteiger partial charge is 0.0998 e. The zero-order valence-corrected chi connectivity index (χ0v) is 15.3. The van der Waals surface area contributed by atoms with E-state index in [1.807, 2.05) is 0 Å².